The van der Waals surface area contributed by atoms with Gasteiger partial charge in [0, 0.05) is 81.6 Å². The Bertz CT molecular complexity index is 2610. The van der Waals surface area contributed by atoms with Gasteiger partial charge >= 0.3 is 51.4 Å². The topological polar surface area (TPSA) is 79.3 Å². The quantitative estimate of drug-likeness (QED) is 0.0575. The van der Waals surface area contributed by atoms with Gasteiger partial charge in [0.25, 0.3) is 0 Å². The van der Waals surface area contributed by atoms with Crippen LogP contribution >= 0.6 is 27.5 Å². The van der Waals surface area contributed by atoms with Crippen molar-refractivity contribution in [1.29, 1.82) is 0 Å². The third-order valence-corrected chi connectivity index (χ3v) is 14.8. The second kappa shape index (κ2) is 32.1. The molecule has 0 spiro atoms. The number of anilines is 2. The third kappa shape index (κ3) is 18.8. The number of alkyl halides is 1. The van der Waals surface area contributed by atoms with E-state index in [2.05, 4.69) is 116 Å². The molecule has 10 rings (SSSR count). The SMILES string of the molecule is BrCCOC1CCCCO1.C[C@@H]1CN(Cc2ccccc2)C[C@@H](c2ccc(F)cc2)N1c1ccc(O)cc1Cl.C[C@@H]1CN(Cc2ccccc2)C[C@@H](c2ccc(F)cc2)N1c1ccc(OCCOC2CCCCO2)cc1.[H-].[K+]. The van der Waals surface area contributed by atoms with Gasteiger partial charge in [0.05, 0.1) is 36.0 Å². The molecule has 6 atom stereocenters. The molecule has 10 nitrogen and oxygen atoms in total. The molecule has 0 aliphatic carbocycles. The van der Waals surface area contributed by atoms with E-state index in [1.807, 2.05) is 48.5 Å². The Labute approximate surface area is 513 Å². The zero-order chi connectivity index (χ0) is 53.1. The zero-order valence-electron chi connectivity index (χ0n) is 45.9. The number of hydrogen-bond donors (Lipinski definition) is 1. The Morgan fingerprint density at radius 1 is 0.597 bits per heavy atom. The Morgan fingerprint density at radius 3 is 1.57 bits per heavy atom. The average Bonchev–Trinajstić information content (AvgIpc) is 3.45. The molecule has 1 N–H and O–H groups in total. The van der Waals surface area contributed by atoms with Crippen molar-refractivity contribution in [2.45, 2.75) is 102 Å². The fourth-order valence-electron chi connectivity index (χ4n) is 10.7. The Kier molecular flexibility index (Phi) is 25.5. The van der Waals surface area contributed by atoms with Crippen molar-refractivity contribution in [3.8, 4) is 11.5 Å². The number of ether oxygens (including phenoxy) is 5. The molecule has 0 radical (unpaired) electrons. The number of nitrogens with zero attached hydrogens (tertiary/aromatic N) is 4. The van der Waals surface area contributed by atoms with Gasteiger partial charge in [-0.2, -0.15) is 0 Å². The monoisotopic (exact) mass is 1160 g/mol. The first-order valence-electron chi connectivity index (χ1n) is 26.9. The molecule has 4 fully saturated rings. The van der Waals surface area contributed by atoms with Crippen molar-refractivity contribution < 1.29 is 90.4 Å². The second-order valence-corrected chi connectivity index (χ2v) is 21.2. The van der Waals surface area contributed by atoms with Crippen LogP contribution in [0.2, 0.25) is 5.02 Å². The fraction of sp³-hybridized carbons (Fsp3) is 0.419. The minimum Gasteiger partial charge on any atom is -1.00 e. The summed E-state index contributed by atoms with van der Waals surface area (Å²) < 4.78 is 55.3. The summed E-state index contributed by atoms with van der Waals surface area (Å²) in [6.07, 6.45) is 6.71. The van der Waals surface area contributed by atoms with E-state index in [1.165, 1.54) is 36.1 Å². The van der Waals surface area contributed by atoms with E-state index in [1.54, 1.807) is 24.3 Å². The van der Waals surface area contributed by atoms with Gasteiger partial charge in [-0.25, -0.2) is 8.78 Å². The molecule has 0 bridgehead atoms. The van der Waals surface area contributed by atoms with E-state index >= 15 is 0 Å². The van der Waals surface area contributed by atoms with Crippen LogP contribution in [-0.2, 0) is 32.0 Å². The summed E-state index contributed by atoms with van der Waals surface area (Å²) in [5.74, 6) is 0.520. The summed E-state index contributed by atoms with van der Waals surface area (Å²) in [4.78, 5) is 9.68. The number of piperazine rings is 2. The number of rotatable bonds is 16. The molecule has 408 valence electrons. The van der Waals surface area contributed by atoms with E-state index < -0.39 is 0 Å². The maximum absolute atomic E-state index is 13.7. The van der Waals surface area contributed by atoms with Gasteiger partial charge in [0.2, 0.25) is 0 Å². The fourth-order valence-corrected chi connectivity index (χ4v) is 11.1. The van der Waals surface area contributed by atoms with E-state index in [4.69, 9.17) is 35.3 Å². The van der Waals surface area contributed by atoms with E-state index in [0.717, 1.165) is 118 Å². The van der Waals surface area contributed by atoms with E-state index in [9.17, 15) is 13.9 Å². The van der Waals surface area contributed by atoms with Crippen molar-refractivity contribution in [3.05, 3.63) is 191 Å². The van der Waals surface area contributed by atoms with Crippen LogP contribution < -0.4 is 65.9 Å². The predicted octanol–water partition coefficient (Wildman–Crippen LogP) is 10.9. The van der Waals surface area contributed by atoms with E-state index in [-0.39, 0.29) is 107 Å². The molecule has 0 aromatic heterocycles. The van der Waals surface area contributed by atoms with Gasteiger partial charge in [-0.3, -0.25) is 9.80 Å². The summed E-state index contributed by atoms with van der Waals surface area (Å²) >= 11 is 9.79. The van der Waals surface area contributed by atoms with Gasteiger partial charge in [-0.15, -0.1) is 0 Å². The molecule has 4 aliphatic heterocycles. The van der Waals surface area contributed by atoms with Gasteiger partial charge in [0.1, 0.15) is 29.7 Å². The Morgan fingerprint density at radius 2 is 1.09 bits per heavy atom. The number of hydrogen-bond acceptors (Lipinski definition) is 10. The van der Waals surface area contributed by atoms with Crippen LogP contribution in [0, 0.1) is 11.6 Å². The Hall–Kier alpha value is -3.45. The normalized spacial score (nSPS) is 21.9. The second-order valence-electron chi connectivity index (χ2n) is 20.0. The Balaban J connectivity index is 0.000000213. The molecule has 4 saturated heterocycles. The number of aromatic hydroxyl groups is 1. The third-order valence-electron chi connectivity index (χ3n) is 14.2. The molecule has 4 heterocycles. The summed E-state index contributed by atoms with van der Waals surface area (Å²) in [6.45, 7) is 13.1. The van der Waals surface area contributed by atoms with Gasteiger partial charge in [0.15, 0.2) is 12.6 Å². The summed E-state index contributed by atoms with van der Waals surface area (Å²) in [7, 11) is 0. The number of benzene rings is 6. The van der Waals surface area contributed by atoms with Crippen molar-refractivity contribution in [1.82, 2.24) is 9.80 Å². The predicted molar refractivity (Wildman–Crippen MR) is 305 cm³/mol. The summed E-state index contributed by atoms with van der Waals surface area (Å²) in [5, 5.41) is 11.2. The minimum absolute atomic E-state index is 0. The molecule has 0 amide bonds. The first kappa shape index (κ1) is 61.2. The molecule has 77 heavy (non-hydrogen) atoms. The molecule has 0 saturated carbocycles. The van der Waals surface area contributed by atoms with Gasteiger partial charge in [-0.1, -0.05) is 112 Å². The first-order chi connectivity index (χ1) is 37.1. The number of halogens is 4. The maximum atomic E-state index is 13.7. The average molecular weight is 1160 g/mol. The van der Waals surface area contributed by atoms with Crippen LogP contribution in [0.1, 0.15) is 88.1 Å². The number of phenols is 1. The van der Waals surface area contributed by atoms with E-state index in [0.29, 0.717) is 18.2 Å². The minimum atomic E-state index is -0.243. The van der Waals surface area contributed by atoms with Gasteiger partial charge in [-0.05, 0) is 135 Å². The van der Waals surface area contributed by atoms with Crippen LogP contribution in [0.4, 0.5) is 20.2 Å². The molecular formula is C62H75BrClF2KN4O6. The summed E-state index contributed by atoms with van der Waals surface area (Å²) in [6, 6.07) is 48.7. The van der Waals surface area contributed by atoms with Crippen molar-refractivity contribution in [3.63, 3.8) is 0 Å². The van der Waals surface area contributed by atoms with Crippen molar-refractivity contribution in [2.75, 3.05) is 74.3 Å². The molecule has 6 aromatic carbocycles. The van der Waals surface area contributed by atoms with Crippen LogP contribution in [0.15, 0.2) is 152 Å². The summed E-state index contributed by atoms with van der Waals surface area (Å²) in [5.41, 5.74) is 6.76. The first-order valence-corrected chi connectivity index (χ1v) is 28.4. The van der Waals surface area contributed by atoms with Crippen molar-refractivity contribution in [2.24, 2.45) is 0 Å². The molecule has 15 heteroatoms. The van der Waals surface area contributed by atoms with Crippen LogP contribution in [0.25, 0.3) is 0 Å². The van der Waals surface area contributed by atoms with Crippen LogP contribution in [0.5, 0.6) is 11.5 Å². The largest absolute Gasteiger partial charge is 1.00 e. The van der Waals surface area contributed by atoms with Crippen LogP contribution in [0.3, 0.4) is 0 Å². The van der Waals surface area contributed by atoms with Crippen molar-refractivity contribution >= 4 is 38.9 Å². The smallest absolute Gasteiger partial charge is 1.00 e. The molecular weight excluding hydrogens is 1090 g/mol. The van der Waals surface area contributed by atoms with Crippen LogP contribution in [-0.4, -0.2) is 104 Å². The zero-order valence-corrected chi connectivity index (χ0v) is 50.4. The number of phenolic OH excluding ortho intramolecular Hbond substituents is 1. The molecule has 6 aromatic rings. The van der Waals surface area contributed by atoms with Gasteiger partial charge < -0.3 is 40.0 Å². The molecule has 2 unspecified atom stereocenters. The standard InChI is InChI=1S/C31H37FN2O3.C24H24ClFN2O.C7H13BrO2.K.H/c1-24-21-33(22-25-7-3-2-4-8-25)23-30(26-10-12-27(32)13-11-26)34(24)28-14-16-29(17-15-28)35-19-20-37-31-9-5-6-18-36-31;1-17-14-27(15-18-5-3-2-4-6-18)16-24(19-7-9-20(26)10-8-19)28(17)23-12-11-21(29)13-22(23)25;8-4-6-10-7-3-1-2-5-9-7;;/h2-4,7-8,10-17,24,30-31H,5-6,9,18-23H2,1H3;2-13,17,24,29H,14-16H2,1H3;7H,1-6H2;;/q;;;+1;-1/t24-,30+,31?;17-,24+;;;/m11.../s1. The molecule has 4 aliphatic rings. The maximum Gasteiger partial charge on any atom is 1.00 e.